The maximum absolute atomic E-state index is 6.35. The van der Waals surface area contributed by atoms with Gasteiger partial charge in [-0.15, -0.1) is 11.3 Å². The molecule has 0 fully saturated rings. The summed E-state index contributed by atoms with van der Waals surface area (Å²) < 4.78 is 0. The third-order valence-corrected chi connectivity index (χ3v) is 4.33. The number of pyridine rings is 1. The zero-order valence-corrected chi connectivity index (χ0v) is 12.4. The van der Waals surface area contributed by atoms with Gasteiger partial charge in [-0.2, -0.15) is 0 Å². The monoisotopic (exact) mass is 283 g/mol. The topological polar surface area (TPSA) is 51.8 Å². The number of nitrogens with zero attached hydrogens (tertiary/aromatic N) is 2. The van der Waals surface area contributed by atoms with Crippen LogP contribution in [0.5, 0.6) is 0 Å². The van der Waals surface area contributed by atoms with E-state index < -0.39 is 0 Å². The quantitative estimate of drug-likeness (QED) is 0.794. The lowest BCUT2D eigenvalue weighted by molar-refractivity contribution is 0.796. The minimum absolute atomic E-state index is 0.169. The maximum Gasteiger partial charge on any atom is 0.114 e. The van der Waals surface area contributed by atoms with Gasteiger partial charge in [0.25, 0.3) is 0 Å². The molecule has 2 N–H and O–H groups in total. The molecule has 1 atom stereocenters. The van der Waals surface area contributed by atoms with Gasteiger partial charge in [0.1, 0.15) is 5.01 Å². The van der Waals surface area contributed by atoms with Crippen LogP contribution in [-0.4, -0.2) is 9.97 Å². The molecule has 3 nitrogen and oxygen atoms in total. The Balaban J connectivity index is 1.96. The average Bonchev–Trinajstić information content (AvgIpc) is 2.96. The molecular formula is C16H17N3S. The first-order valence-corrected chi connectivity index (χ1v) is 7.58. The van der Waals surface area contributed by atoms with Crippen LogP contribution >= 0.6 is 11.3 Å². The van der Waals surface area contributed by atoms with E-state index in [1.807, 2.05) is 18.2 Å². The smallest absolute Gasteiger partial charge is 0.114 e. The Morgan fingerprint density at radius 3 is 2.80 bits per heavy atom. The van der Waals surface area contributed by atoms with E-state index in [9.17, 15) is 0 Å². The summed E-state index contributed by atoms with van der Waals surface area (Å²) in [4.78, 5) is 8.97. The van der Waals surface area contributed by atoms with Gasteiger partial charge in [0, 0.05) is 17.0 Å². The minimum Gasteiger partial charge on any atom is -0.318 e. The molecule has 1 aromatic carbocycles. The van der Waals surface area contributed by atoms with Crippen LogP contribution in [0.4, 0.5) is 0 Å². The molecule has 0 aliphatic rings. The first-order valence-electron chi connectivity index (χ1n) is 6.70. The molecule has 2 aromatic heterocycles. The molecule has 0 amide bonds. The molecule has 0 bridgehead atoms. The van der Waals surface area contributed by atoms with Gasteiger partial charge < -0.3 is 5.73 Å². The summed E-state index contributed by atoms with van der Waals surface area (Å²) in [5.41, 5.74) is 9.53. The fourth-order valence-corrected chi connectivity index (χ4v) is 3.15. The number of nitrogens with two attached hydrogens (primary N) is 1. The fraction of sp³-hybridized carbons (Fsp3) is 0.250. The second kappa shape index (κ2) is 5.31. The molecule has 102 valence electrons. The third kappa shape index (κ3) is 2.44. The van der Waals surface area contributed by atoms with Crippen molar-refractivity contribution in [3.05, 3.63) is 58.2 Å². The molecule has 4 heteroatoms. The van der Waals surface area contributed by atoms with E-state index in [-0.39, 0.29) is 6.04 Å². The number of benzene rings is 1. The van der Waals surface area contributed by atoms with Gasteiger partial charge in [0.05, 0.1) is 17.3 Å². The summed E-state index contributed by atoms with van der Waals surface area (Å²) >= 11 is 1.63. The maximum atomic E-state index is 6.35. The summed E-state index contributed by atoms with van der Waals surface area (Å²) in [6.45, 7) is 4.29. The van der Waals surface area contributed by atoms with Gasteiger partial charge in [-0.25, -0.2) is 4.98 Å². The van der Waals surface area contributed by atoms with Crippen LogP contribution in [0.15, 0.2) is 41.9 Å². The van der Waals surface area contributed by atoms with Crippen molar-refractivity contribution in [2.75, 3.05) is 0 Å². The van der Waals surface area contributed by atoms with Crippen molar-refractivity contribution in [3.8, 4) is 0 Å². The van der Waals surface area contributed by atoms with Gasteiger partial charge in [-0.3, -0.25) is 4.98 Å². The number of fused-ring (bicyclic) bond motifs is 1. The van der Waals surface area contributed by atoms with Crippen LogP contribution in [0, 0.1) is 0 Å². The van der Waals surface area contributed by atoms with Crippen molar-refractivity contribution in [2.24, 2.45) is 5.73 Å². The van der Waals surface area contributed by atoms with Crippen LogP contribution < -0.4 is 5.73 Å². The Labute approximate surface area is 122 Å². The second-order valence-electron chi connectivity index (χ2n) is 5.20. The standard InChI is InChI=1S/C16H17N3S/c1-10(2)14-9-20-16(19-14)15(17)12-5-6-13-11(8-12)4-3-7-18-13/h3-10,15H,17H2,1-2H3. The van der Waals surface area contributed by atoms with Gasteiger partial charge >= 0.3 is 0 Å². The van der Waals surface area contributed by atoms with Gasteiger partial charge in [-0.1, -0.05) is 26.0 Å². The predicted molar refractivity (Wildman–Crippen MR) is 84.0 cm³/mol. The lowest BCUT2D eigenvalue weighted by atomic mass is 10.1. The van der Waals surface area contributed by atoms with E-state index in [0.29, 0.717) is 5.92 Å². The highest BCUT2D eigenvalue weighted by molar-refractivity contribution is 7.09. The van der Waals surface area contributed by atoms with Crippen LogP contribution in [0.25, 0.3) is 10.9 Å². The van der Waals surface area contributed by atoms with E-state index in [4.69, 9.17) is 5.73 Å². The molecule has 0 radical (unpaired) electrons. The lowest BCUT2D eigenvalue weighted by Crippen LogP contribution is -2.11. The number of aromatic nitrogens is 2. The number of thiazole rings is 1. The normalized spacial score (nSPS) is 13.0. The van der Waals surface area contributed by atoms with E-state index in [0.717, 1.165) is 27.2 Å². The molecule has 3 aromatic rings. The Morgan fingerprint density at radius 2 is 2.05 bits per heavy atom. The van der Waals surface area contributed by atoms with Crippen molar-refractivity contribution < 1.29 is 0 Å². The van der Waals surface area contributed by atoms with Gasteiger partial charge in [0.15, 0.2) is 0 Å². The summed E-state index contributed by atoms with van der Waals surface area (Å²) in [5, 5.41) is 4.18. The highest BCUT2D eigenvalue weighted by atomic mass is 32.1. The van der Waals surface area contributed by atoms with Crippen LogP contribution in [0.1, 0.15) is 42.1 Å². The summed E-state index contributed by atoms with van der Waals surface area (Å²) in [6, 6.07) is 9.98. The molecule has 2 heterocycles. The SMILES string of the molecule is CC(C)c1csc(C(N)c2ccc3ncccc3c2)n1. The van der Waals surface area contributed by atoms with Crippen molar-refractivity contribution in [3.63, 3.8) is 0 Å². The second-order valence-corrected chi connectivity index (χ2v) is 6.09. The van der Waals surface area contributed by atoms with Crippen LogP contribution in [-0.2, 0) is 0 Å². The molecule has 0 saturated heterocycles. The zero-order chi connectivity index (χ0) is 14.1. The van der Waals surface area contributed by atoms with E-state index in [1.54, 1.807) is 17.5 Å². The Bertz CT molecular complexity index is 733. The number of hydrogen-bond acceptors (Lipinski definition) is 4. The zero-order valence-electron chi connectivity index (χ0n) is 11.6. The fourth-order valence-electron chi connectivity index (χ4n) is 2.14. The first kappa shape index (κ1) is 13.2. The minimum atomic E-state index is -0.169. The number of hydrogen-bond donors (Lipinski definition) is 1. The van der Waals surface area contributed by atoms with Gasteiger partial charge in [0.2, 0.25) is 0 Å². The highest BCUT2D eigenvalue weighted by Gasteiger charge is 2.15. The average molecular weight is 283 g/mol. The molecule has 3 rings (SSSR count). The van der Waals surface area contributed by atoms with E-state index in [1.165, 1.54) is 0 Å². The molecular weight excluding hydrogens is 266 g/mol. The molecule has 0 aliphatic carbocycles. The Hall–Kier alpha value is -1.78. The summed E-state index contributed by atoms with van der Waals surface area (Å²) in [5.74, 6) is 0.438. The van der Waals surface area contributed by atoms with E-state index in [2.05, 4.69) is 41.3 Å². The first-order chi connectivity index (χ1) is 9.65. The molecule has 0 aliphatic heterocycles. The Morgan fingerprint density at radius 1 is 1.20 bits per heavy atom. The summed E-state index contributed by atoms with van der Waals surface area (Å²) in [6.07, 6.45) is 1.80. The van der Waals surface area contributed by atoms with Crippen molar-refractivity contribution in [1.29, 1.82) is 0 Å². The molecule has 1 unspecified atom stereocenters. The van der Waals surface area contributed by atoms with E-state index >= 15 is 0 Å². The number of rotatable bonds is 3. The Kier molecular flexibility index (Phi) is 3.51. The van der Waals surface area contributed by atoms with Crippen molar-refractivity contribution >= 4 is 22.2 Å². The lowest BCUT2D eigenvalue weighted by Gasteiger charge is -2.10. The van der Waals surface area contributed by atoms with Crippen LogP contribution in [0.3, 0.4) is 0 Å². The van der Waals surface area contributed by atoms with Crippen molar-refractivity contribution in [2.45, 2.75) is 25.8 Å². The van der Waals surface area contributed by atoms with Gasteiger partial charge in [-0.05, 0) is 29.7 Å². The largest absolute Gasteiger partial charge is 0.318 e. The highest BCUT2D eigenvalue weighted by Crippen LogP contribution is 2.27. The van der Waals surface area contributed by atoms with Crippen LogP contribution in [0.2, 0.25) is 0 Å². The predicted octanol–water partition coefficient (Wildman–Crippen LogP) is 3.86. The summed E-state index contributed by atoms with van der Waals surface area (Å²) in [7, 11) is 0. The molecule has 0 spiro atoms. The molecule has 0 saturated carbocycles. The van der Waals surface area contributed by atoms with Crippen molar-refractivity contribution in [1.82, 2.24) is 9.97 Å². The third-order valence-electron chi connectivity index (χ3n) is 3.38. The molecule has 20 heavy (non-hydrogen) atoms.